The number of nitrogens with one attached hydrogen (secondary N) is 2. The molecule has 0 spiro atoms. The first-order valence-corrected chi connectivity index (χ1v) is 9.10. The first-order chi connectivity index (χ1) is 10.3. The summed E-state index contributed by atoms with van der Waals surface area (Å²) in [5.74, 6) is 0.951. The molecule has 116 valence electrons. The van der Waals surface area contributed by atoms with Crippen molar-refractivity contribution in [2.45, 2.75) is 11.3 Å². The molecule has 0 aromatic heterocycles. The van der Waals surface area contributed by atoms with Crippen molar-refractivity contribution >= 4 is 33.6 Å². The molecule has 0 saturated carbocycles. The number of amides is 1. The second-order valence-corrected chi connectivity index (χ2v) is 6.96. The van der Waals surface area contributed by atoms with Gasteiger partial charge in [0.05, 0.1) is 0 Å². The Labute approximate surface area is 139 Å². The molecule has 0 unspecified atom stereocenters. The zero-order valence-electron chi connectivity index (χ0n) is 12.1. The molecule has 4 nitrogen and oxygen atoms in total. The fourth-order valence-electron chi connectivity index (χ4n) is 2.19. The molecule has 0 bridgehead atoms. The van der Waals surface area contributed by atoms with Gasteiger partial charge in [-0.25, -0.2) is 0 Å². The van der Waals surface area contributed by atoms with E-state index in [1.807, 2.05) is 18.2 Å². The minimum absolute atomic E-state index is 0.143. The van der Waals surface area contributed by atoms with Crippen molar-refractivity contribution < 1.29 is 4.79 Å². The van der Waals surface area contributed by atoms with E-state index in [1.54, 1.807) is 11.8 Å². The maximum Gasteiger partial charge on any atom is 0.220 e. The molecule has 2 rings (SSSR count). The Bertz CT molecular complexity index is 452. The monoisotopic (exact) mass is 371 g/mol. The van der Waals surface area contributed by atoms with Gasteiger partial charge in [-0.2, -0.15) is 0 Å². The average Bonchev–Trinajstić information content (AvgIpc) is 2.50. The Morgan fingerprint density at radius 3 is 2.86 bits per heavy atom. The van der Waals surface area contributed by atoms with E-state index in [4.69, 9.17) is 0 Å². The smallest absolute Gasteiger partial charge is 0.220 e. The molecule has 0 aliphatic carbocycles. The predicted molar refractivity (Wildman–Crippen MR) is 91.8 cm³/mol. The van der Waals surface area contributed by atoms with Crippen LogP contribution in [0, 0.1) is 0 Å². The number of thioether (sulfide) groups is 1. The fraction of sp³-hybridized carbons (Fsp3) is 0.533. The van der Waals surface area contributed by atoms with E-state index in [0.717, 1.165) is 49.5 Å². The summed E-state index contributed by atoms with van der Waals surface area (Å²) in [4.78, 5) is 15.4. The zero-order chi connectivity index (χ0) is 14.9. The SMILES string of the molecule is O=C(CCSc1ccccc1Br)NCCN1CCNCC1. The highest BCUT2D eigenvalue weighted by molar-refractivity contribution is 9.10. The Morgan fingerprint density at radius 1 is 1.33 bits per heavy atom. The van der Waals surface area contributed by atoms with E-state index in [1.165, 1.54) is 4.90 Å². The summed E-state index contributed by atoms with van der Waals surface area (Å²) in [5, 5.41) is 6.33. The fourth-order valence-corrected chi connectivity index (χ4v) is 3.71. The molecule has 0 radical (unpaired) electrons. The summed E-state index contributed by atoms with van der Waals surface area (Å²) in [6, 6.07) is 8.10. The summed E-state index contributed by atoms with van der Waals surface area (Å²) in [7, 11) is 0. The van der Waals surface area contributed by atoms with Gasteiger partial charge in [0, 0.05) is 60.8 Å². The van der Waals surface area contributed by atoms with Crippen molar-refractivity contribution in [1.29, 1.82) is 0 Å². The average molecular weight is 372 g/mol. The molecule has 21 heavy (non-hydrogen) atoms. The highest BCUT2D eigenvalue weighted by Gasteiger charge is 2.09. The topological polar surface area (TPSA) is 44.4 Å². The molecule has 1 fully saturated rings. The lowest BCUT2D eigenvalue weighted by Gasteiger charge is -2.27. The van der Waals surface area contributed by atoms with E-state index in [-0.39, 0.29) is 5.91 Å². The van der Waals surface area contributed by atoms with Gasteiger partial charge in [0.2, 0.25) is 5.91 Å². The number of halogens is 1. The zero-order valence-corrected chi connectivity index (χ0v) is 14.5. The van der Waals surface area contributed by atoms with Crippen molar-refractivity contribution in [2.24, 2.45) is 0 Å². The van der Waals surface area contributed by atoms with Gasteiger partial charge in [-0.3, -0.25) is 9.69 Å². The molecule has 1 aromatic carbocycles. The van der Waals surface area contributed by atoms with Gasteiger partial charge in [0.25, 0.3) is 0 Å². The number of piperazine rings is 1. The summed E-state index contributed by atoms with van der Waals surface area (Å²) in [6.45, 7) is 5.96. The van der Waals surface area contributed by atoms with Crippen LogP contribution in [0.25, 0.3) is 0 Å². The van der Waals surface area contributed by atoms with Crippen LogP contribution in [0.4, 0.5) is 0 Å². The number of hydrogen-bond donors (Lipinski definition) is 2. The highest BCUT2D eigenvalue weighted by Crippen LogP contribution is 2.27. The van der Waals surface area contributed by atoms with Crippen molar-refractivity contribution in [3.05, 3.63) is 28.7 Å². The normalized spacial score (nSPS) is 15.9. The van der Waals surface area contributed by atoms with Crippen molar-refractivity contribution in [2.75, 3.05) is 45.0 Å². The minimum atomic E-state index is 0.143. The molecule has 1 heterocycles. The lowest BCUT2D eigenvalue weighted by Crippen LogP contribution is -2.46. The number of nitrogens with zero attached hydrogens (tertiary/aromatic N) is 1. The number of rotatable bonds is 7. The number of hydrogen-bond acceptors (Lipinski definition) is 4. The second-order valence-electron chi connectivity index (χ2n) is 4.97. The molecule has 1 aliphatic rings. The Morgan fingerprint density at radius 2 is 2.10 bits per heavy atom. The molecule has 1 amide bonds. The first-order valence-electron chi connectivity index (χ1n) is 7.33. The van der Waals surface area contributed by atoms with Crippen molar-refractivity contribution in [3.63, 3.8) is 0 Å². The number of carbonyl (C=O) groups excluding carboxylic acids is 1. The lowest BCUT2D eigenvalue weighted by molar-refractivity contribution is -0.120. The van der Waals surface area contributed by atoms with Crippen LogP contribution in [0.3, 0.4) is 0 Å². The van der Waals surface area contributed by atoms with Crippen LogP contribution in [0.5, 0.6) is 0 Å². The largest absolute Gasteiger partial charge is 0.355 e. The van der Waals surface area contributed by atoms with Gasteiger partial charge in [-0.15, -0.1) is 11.8 Å². The molecular weight excluding hydrogens is 350 g/mol. The Balaban J connectivity index is 1.56. The van der Waals surface area contributed by atoms with Gasteiger partial charge in [0.15, 0.2) is 0 Å². The summed E-state index contributed by atoms with van der Waals surface area (Å²) >= 11 is 5.23. The van der Waals surface area contributed by atoms with Gasteiger partial charge in [-0.1, -0.05) is 12.1 Å². The lowest BCUT2D eigenvalue weighted by atomic mass is 10.3. The summed E-state index contributed by atoms with van der Waals surface area (Å²) in [6.07, 6.45) is 0.563. The van der Waals surface area contributed by atoms with Crippen LogP contribution in [-0.2, 0) is 4.79 Å². The van der Waals surface area contributed by atoms with E-state index in [9.17, 15) is 4.79 Å². The molecule has 2 N–H and O–H groups in total. The van der Waals surface area contributed by atoms with Crippen LogP contribution >= 0.6 is 27.7 Å². The predicted octanol–water partition coefficient (Wildman–Crippen LogP) is 1.95. The third-order valence-corrected chi connectivity index (χ3v) is 5.41. The summed E-state index contributed by atoms with van der Waals surface area (Å²) in [5.41, 5.74) is 0. The minimum Gasteiger partial charge on any atom is -0.355 e. The third-order valence-electron chi connectivity index (χ3n) is 3.38. The maximum atomic E-state index is 11.8. The van der Waals surface area contributed by atoms with Crippen LogP contribution in [-0.4, -0.2) is 55.8 Å². The number of benzene rings is 1. The molecule has 1 aromatic rings. The van der Waals surface area contributed by atoms with Crippen LogP contribution in [0.1, 0.15) is 6.42 Å². The van der Waals surface area contributed by atoms with Crippen LogP contribution < -0.4 is 10.6 Å². The Hall–Kier alpha value is -0.560. The maximum absolute atomic E-state index is 11.8. The van der Waals surface area contributed by atoms with Crippen LogP contribution in [0.15, 0.2) is 33.6 Å². The van der Waals surface area contributed by atoms with Gasteiger partial charge in [-0.05, 0) is 28.1 Å². The molecular formula is C15H22BrN3OS. The highest BCUT2D eigenvalue weighted by atomic mass is 79.9. The standard InChI is InChI=1S/C15H22BrN3OS/c16-13-3-1-2-4-14(13)21-12-5-15(20)18-8-11-19-9-6-17-7-10-19/h1-4,17H,5-12H2,(H,18,20). The van der Waals surface area contributed by atoms with Gasteiger partial charge in [0.1, 0.15) is 0 Å². The van der Waals surface area contributed by atoms with Gasteiger partial charge < -0.3 is 10.6 Å². The van der Waals surface area contributed by atoms with E-state index in [0.29, 0.717) is 6.42 Å². The van der Waals surface area contributed by atoms with Gasteiger partial charge >= 0.3 is 0 Å². The molecule has 1 aliphatic heterocycles. The number of carbonyl (C=O) groups is 1. The van der Waals surface area contributed by atoms with E-state index in [2.05, 4.69) is 37.5 Å². The molecule has 1 saturated heterocycles. The van der Waals surface area contributed by atoms with Crippen LogP contribution in [0.2, 0.25) is 0 Å². The third kappa shape index (κ3) is 6.38. The molecule has 6 heteroatoms. The summed E-state index contributed by atoms with van der Waals surface area (Å²) < 4.78 is 1.09. The van der Waals surface area contributed by atoms with Crippen molar-refractivity contribution in [1.82, 2.24) is 15.5 Å². The second kappa shape index (κ2) is 9.46. The van der Waals surface area contributed by atoms with E-state index < -0.39 is 0 Å². The van der Waals surface area contributed by atoms with E-state index >= 15 is 0 Å². The van der Waals surface area contributed by atoms with Crippen molar-refractivity contribution in [3.8, 4) is 0 Å². The molecule has 0 atom stereocenters. The Kier molecular flexibility index (Phi) is 7.57. The quantitative estimate of drug-likeness (QED) is 0.719. The first kappa shape index (κ1) is 16.8.